The lowest BCUT2D eigenvalue weighted by Gasteiger charge is -2.33. The zero-order chi connectivity index (χ0) is 16.2. The minimum Gasteiger partial charge on any atom is -0.347 e. The van der Waals surface area contributed by atoms with Gasteiger partial charge in [-0.3, -0.25) is 9.69 Å². The van der Waals surface area contributed by atoms with Crippen molar-refractivity contribution in [3.63, 3.8) is 0 Å². The fourth-order valence-electron chi connectivity index (χ4n) is 3.15. The van der Waals surface area contributed by atoms with Gasteiger partial charge in [0.15, 0.2) is 0 Å². The van der Waals surface area contributed by atoms with Crippen molar-refractivity contribution in [1.82, 2.24) is 14.9 Å². The number of H-pyrrole nitrogens is 1. The first-order valence-corrected chi connectivity index (χ1v) is 8.24. The predicted molar refractivity (Wildman–Crippen MR) is 91.3 cm³/mol. The molecule has 23 heavy (non-hydrogen) atoms. The molecule has 1 fully saturated rings. The lowest BCUT2D eigenvalue weighted by molar-refractivity contribution is -0.118. The van der Waals surface area contributed by atoms with E-state index in [0.717, 1.165) is 30.9 Å². The average Bonchev–Trinajstić information content (AvgIpc) is 3.06. The highest BCUT2D eigenvalue weighted by molar-refractivity contribution is 5.92. The number of rotatable bonds is 4. The van der Waals surface area contributed by atoms with Gasteiger partial charge in [0.1, 0.15) is 5.82 Å². The molecule has 1 atom stereocenters. The molecule has 1 aromatic heterocycles. The second kappa shape index (κ2) is 6.96. The van der Waals surface area contributed by atoms with Crippen LogP contribution in [-0.2, 0) is 4.79 Å². The number of aromatic nitrogens is 2. The highest BCUT2D eigenvalue weighted by Gasteiger charge is 2.27. The first-order chi connectivity index (χ1) is 11.1. The van der Waals surface area contributed by atoms with E-state index in [4.69, 9.17) is 0 Å². The number of nitrogens with one attached hydrogen (secondary N) is 2. The summed E-state index contributed by atoms with van der Waals surface area (Å²) in [6.45, 7) is 5.47. The summed E-state index contributed by atoms with van der Waals surface area (Å²) in [5, 5.41) is 3.01. The second-order valence-electron chi connectivity index (χ2n) is 6.30. The molecule has 2 aromatic rings. The third-order valence-corrected chi connectivity index (χ3v) is 4.59. The molecule has 1 aliphatic rings. The van der Waals surface area contributed by atoms with Crippen LogP contribution in [0.25, 0.3) is 0 Å². The SMILES string of the molecule is Cc1ccc(NC(=O)CN2CCCCC2c2ncc[nH]2)cc1C. The Morgan fingerprint density at radius 1 is 1.35 bits per heavy atom. The van der Waals surface area contributed by atoms with Gasteiger partial charge < -0.3 is 10.3 Å². The van der Waals surface area contributed by atoms with Crippen molar-refractivity contribution < 1.29 is 4.79 Å². The number of imidazole rings is 1. The molecular weight excluding hydrogens is 288 g/mol. The number of piperidine rings is 1. The Morgan fingerprint density at radius 2 is 2.22 bits per heavy atom. The number of hydrogen-bond donors (Lipinski definition) is 2. The highest BCUT2D eigenvalue weighted by Crippen LogP contribution is 2.28. The summed E-state index contributed by atoms with van der Waals surface area (Å²) in [6.07, 6.45) is 6.98. The molecule has 0 spiro atoms. The third kappa shape index (κ3) is 3.79. The molecular formula is C18H24N4O. The molecule has 1 unspecified atom stereocenters. The molecule has 1 aliphatic heterocycles. The smallest absolute Gasteiger partial charge is 0.238 e. The maximum absolute atomic E-state index is 12.4. The molecule has 0 aliphatic carbocycles. The summed E-state index contributed by atoms with van der Waals surface area (Å²) in [4.78, 5) is 22.2. The fraction of sp³-hybridized carbons (Fsp3) is 0.444. The Bertz CT molecular complexity index is 666. The van der Waals surface area contributed by atoms with E-state index in [1.54, 1.807) is 6.20 Å². The molecule has 122 valence electrons. The van der Waals surface area contributed by atoms with Gasteiger partial charge in [0, 0.05) is 18.1 Å². The van der Waals surface area contributed by atoms with Crippen LogP contribution in [0.2, 0.25) is 0 Å². The maximum atomic E-state index is 12.4. The molecule has 2 N–H and O–H groups in total. The second-order valence-corrected chi connectivity index (χ2v) is 6.30. The first kappa shape index (κ1) is 15.7. The van der Waals surface area contributed by atoms with E-state index < -0.39 is 0 Å². The van der Waals surface area contributed by atoms with Crippen molar-refractivity contribution in [3.05, 3.63) is 47.5 Å². The summed E-state index contributed by atoms with van der Waals surface area (Å²) in [5.74, 6) is 0.996. The van der Waals surface area contributed by atoms with Gasteiger partial charge in [-0.05, 0) is 56.5 Å². The average molecular weight is 312 g/mol. The van der Waals surface area contributed by atoms with Crippen molar-refractivity contribution in [3.8, 4) is 0 Å². The van der Waals surface area contributed by atoms with E-state index in [9.17, 15) is 4.79 Å². The number of hydrogen-bond acceptors (Lipinski definition) is 3. The predicted octanol–water partition coefficient (Wildman–Crippen LogP) is 3.19. The van der Waals surface area contributed by atoms with Crippen molar-refractivity contribution in [2.24, 2.45) is 0 Å². The van der Waals surface area contributed by atoms with Gasteiger partial charge in [-0.15, -0.1) is 0 Å². The van der Waals surface area contributed by atoms with E-state index in [2.05, 4.69) is 34.0 Å². The van der Waals surface area contributed by atoms with E-state index in [1.165, 1.54) is 17.5 Å². The van der Waals surface area contributed by atoms with Gasteiger partial charge in [-0.25, -0.2) is 4.98 Å². The van der Waals surface area contributed by atoms with Gasteiger partial charge in [-0.2, -0.15) is 0 Å². The number of benzene rings is 1. The number of anilines is 1. The van der Waals surface area contributed by atoms with E-state index in [-0.39, 0.29) is 11.9 Å². The summed E-state index contributed by atoms with van der Waals surface area (Å²) >= 11 is 0. The Hall–Kier alpha value is -2.14. The molecule has 1 amide bonds. The van der Waals surface area contributed by atoms with Gasteiger partial charge in [0.05, 0.1) is 12.6 Å². The lowest BCUT2D eigenvalue weighted by atomic mass is 10.0. The molecule has 3 rings (SSSR count). The van der Waals surface area contributed by atoms with Crippen LogP contribution in [0, 0.1) is 13.8 Å². The van der Waals surface area contributed by atoms with Crippen LogP contribution in [0.4, 0.5) is 5.69 Å². The van der Waals surface area contributed by atoms with Crippen LogP contribution in [-0.4, -0.2) is 33.9 Å². The molecule has 1 saturated heterocycles. The summed E-state index contributed by atoms with van der Waals surface area (Å²) in [7, 11) is 0. The summed E-state index contributed by atoms with van der Waals surface area (Å²) in [5.41, 5.74) is 3.29. The number of aryl methyl sites for hydroxylation is 2. The highest BCUT2D eigenvalue weighted by atomic mass is 16.2. The molecule has 5 heteroatoms. The van der Waals surface area contributed by atoms with Crippen molar-refractivity contribution in [2.75, 3.05) is 18.4 Å². The van der Waals surface area contributed by atoms with Crippen LogP contribution >= 0.6 is 0 Å². The van der Waals surface area contributed by atoms with E-state index in [1.807, 2.05) is 24.4 Å². The molecule has 5 nitrogen and oxygen atoms in total. The summed E-state index contributed by atoms with van der Waals surface area (Å²) < 4.78 is 0. The molecule has 0 bridgehead atoms. The van der Waals surface area contributed by atoms with Gasteiger partial charge in [-0.1, -0.05) is 12.5 Å². The lowest BCUT2D eigenvalue weighted by Crippen LogP contribution is -2.39. The van der Waals surface area contributed by atoms with Crippen molar-refractivity contribution >= 4 is 11.6 Å². The fourth-order valence-corrected chi connectivity index (χ4v) is 3.15. The van der Waals surface area contributed by atoms with Crippen LogP contribution in [0.5, 0.6) is 0 Å². The molecule has 2 heterocycles. The Morgan fingerprint density at radius 3 is 2.96 bits per heavy atom. The zero-order valence-electron chi connectivity index (χ0n) is 13.8. The summed E-state index contributed by atoms with van der Waals surface area (Å²) in [6, 6.07) is 6.23. The quantitative estimate of drug-likeness (QED) is 0.911. The number of likely N-dealkylation sites (tertiary alicyclic amines) is 1. The van der Waals surface area contributed by atoms with Gasteiger partial charge in [0.2, 0.25) is 5.91 Å². The minimum absolute atomic E-state index is 0.0340. The largest absolute Gasteiger partial charge is 0.347 e. The minimum atomic E-state index is 0.0340. The monoisotopic (exact) mass is 312 g/mol. The molecule has 0 saturated carbocycles. The van der Waals surface area contributed by atoms with Crippen molar-refractivity contribution in [1.29, 1.82) is 0 Å². The normalized spacial score (nSPS) is 18.8. The van der Waals surface area contributed by atoms with Gasteiger partial charge >= 0.3 is 0 Å². The topological polar surface area (TPSA) is 61.0 Å². The zero-order valence-corrected chi connectivity index (χ0v) is 13.8. The van der Waals surface area contributed by atoms with Crippen LogP contribution in [0.3, 0.4) is 0 Å². The van der Waals surface area contributed by atoms with Crippen molar-refractivity contribution in [2.45, 2.75) is 39.2 Å². The standard InChI is InChI=1S/C18H24N4O/c1-13-6-7-15(11-14(13)2)21-17(23)12-22-10-4-3-5-16(22)18-19-8-9-20-18/h6-9,11,16H,3-5,10,12H2,1-2H3,(H,19,20)(H,21,23). The van der Waals surface area contributed by atoms with E-state index >= 15 is 0 Å². The van der Waals surface area contributed by atoms with E-state index in [0.29, 0.717) is 6.54 Å². The van der Waals surface area contributed by atoms with Gasteiger partial charge in [0.25, 0.3) is 0 Å². The number of amides is 1. The Kier molecular flexibility index (Phi) is 4.76. The van der Waals surface area contributed by atoms with Crippen LogP contribution < -0.4 is 5.32 Å². The Labute approximate surface area is 137 Å². The number of aromatic amines is 1. The Balaban J connectivity index is 1.64. The molecule has 0 radical (unpaired) electrons. The number of carbonyl (C=O) groups is 1. The van der Waals surface area contributed by atoms with Crippen LogP contribution in [0.15, 0.2) is 30.6 Å². The molecule has 1 aromatic carbocycles. The maximum Gasteiger partial charge on any atom is 0.238 e. The first-order valence-electron chi connectivity index (χ1n) is 8.24. The van der Waals surface area contributed by atoms with Crippen LogP contribution in [0.1, 0.15) is 42.3 Å². The number of nitrogens with zero attached hydrogens (tertiary/aromatic N) is 2. The third-order valence-electron chi connectivity index (χ3n) is 4.59. The number of carbonyl (C=O) groups excluding carboxylic acids is 1.